The monoisotopic (exact) mass is 330 g/mol. The van der Waals surface area contributed by atoms with E-state index in [0.717, 1.165) is 35.6 Å². The van der Waals surface area contributed by atoms with E-state index in [4.69, 9.17) is 4.42 Å². The Labute approximate surface area is 146 Å². The lowest BCUT2D eigenvalue weighted by atomic mass is 9.82. The Morgan fingerprint density at radius 2 is 1.62 bits per heavy atom. The van der Waals surface area contributed by atoms with Crippen molar-refractivity contribution in [1.82, 2.24) is 0 Å². The molecule has 1 aromatic carbocycles. The van der Waals surface area contributed by atoms with Crippen molar-refractivity contribution in [3.63, 3.8) is 0 Å². The van der Waals surface area contributed by atoms with Crippen LogP contribution in [0.3, 0.4) is 0 Å². The Morgan fingerprint density at radius 1 is 1.00 bits per heavy atom. The first kappa shape index (κ1) is 18.8. The molecule has 132 valence electrons. The average Bonchev–Trinajstić information content (AvgIpc) is 2.92. The second kappa shape index (κ2) is 7.12. The summed E-state index contributed by atoms with van der Waals surface area (Å²) in [5, 5.41) is 11.9. The van der Waals surface area contributed by atoms with Crippen LogP contribution < -0.4 is 5.32 Å². The molecule has 2 aromatic rings. The first-order valence-electron chi connectivity index (χ1n) is 8.77. The van der Waals surface area contributed by atoms with Gasteiger partial charge in [0.15, 0.2) is 5.76 Å². The molecule has 0 unspecified atom stereocenters. The lowest BCUT2D eigenvalue weighted by Gasteiger charge is -2.30. The molecule has 1 heterocycles. The molecule has 0 saturated carbocycles. The number of quaternary nitrogens is 1. The highest BCUT2D eigenvalue weighted by Gasteiger charge is 2.28. The van der Waals surface area contributed by atoms with E-state index in [1.807, 2.05) is 30.3 Å². The molecular formula is C21H32NO2+. The van der Waals surface area contributed by atoms with Crippen molar-refractivity contribution in [2.24, 2.45) is 5.41 Å². The normalized spacial score (nSPS) is 14.0. The standard InChI is InChI=1S/C21H31NO2/c1-15(23)16-7-9-17(10-8-16)19-12-11-18(24-19)13-22-21(5,6)14-20(2,3)4/h7-12,15,22-23H,13-14H2,1-6H3/p+1/t15-/m0/s1. The SMILES string of the molecule is C[C@H](O)c1ccc(-c2ccc(C[NH2+]C(C)(C)CC(C)(C)C)o2)cc1. The second-order valence-electron chi connectivity index (χ2n) is 8.70. The molecule has 0 aliphatic heterocycles. The summed E-state index contributed by atoms with van der Waals surface area (Å²) in [5.74, 6) is 1.87. The quantitative estimate of drug-likeness (QED) is 0.830. The third kappa shape index (κ3) is 5.50. The summed E-state index contributed by atoms with van der Waals surface area (Å²) in [4.78, 5) is 0. The van der Waals surface area contributed by atoms with Gasteiger partial charge in [-0.3, -0.25) is 0 Å². The first-order chi connectivity index (χ1) is 11.1. The van der Waals surface area contributed by atoms with Crippen LogP contribution in [0, 0.1) is 5.41 Å². The van der Waals surface area contributed by atoms with Gasteiger partial charge in [0.25, 0.3) is 0 Å². The van der Waals surface area contributed by atoms with E-state index < -0.39 is 6.10 Å². The molecule has 1 aromatic heterocycles. The van der Waals surface area contributed by atoms with Crippen LogP contribution in [0.25, 0.3) is 11.3 Å². The number of rotatable bonds is 6. The number of hydrogen-bond acceptors (Lipinski definition) is 2. The summed E-state index contributed by atoms with van der Waals surface area (Å²) in [6, 6.07) is 12.0. The van der Waals surface area contributed by atoms with Crippen LogP contribution in [-0.4, -0.2) is 10.6 Å². The molecule has 2 rings (SSSR count). The number of aliphatic hydroxyl groups excluding tert-OH is 1. The van der Waals surface area contributed by atoms with Gasteiger partial charge in [0, 0.05) is 12.0 Å². The van der Waals surface area contributed by atoms with E-state index in [1.165, 1.54) is 0 Å². The van der Waals surface area contributed by atoms with E-state index in [-0.39, 0.29) is 5.54 Å². The van der Waals surface area contributed by atoms with Gasteiger partial charge in [-0.1, -0.05) is 45.0 Å². The summed E-state index contributed by atoms with van der Waals surface area (Å²) in [6.07, 6.45) is 0.708. The van der Waals surface area contributed by atoms with E-state index in [9.17, 15) is 5.11 Å². The third-order valence-electron chi connectivity index (χ3n) is 4.18. The molecule has 24 heavy (non-hydrogen) atoms. The minimum absolute atomic E-state index is 0.185. The molecule has 3 heteroatoms. The van der Waals surface area contributed by atoms with Crippen LogP contribution >= 0.6 is 0 Å². The van der Waals surface area contributed by atoms with Crippen LogP contribution in [0.5, 0.6) is 0 Å². The van der Waals surface area contributed by atoms with Gasteiger partial charge in [0.05, 0.1) is 11.6 Å². The van der Waals surface area contributed by atoms with Crippen molar-refractivity contribution >= 4 is 0 Å². The molecule has 0 bridgehead atoms. The van der Waals surface area contributed by atoms with E-state index in [0.29, 0.717) is 5.41 Å². The van der Waals surface area contributed by atoms with Crippen LogP contribution in [0.15, 0.2) is 40.8 Å². The molecule has 3 nitrogen and oxygen atoms in total. The van der Waals surface area contributed by atoms with Crippen molar-refractivity contribution in [2.45, 2.75) is 66.2 Å². The number of furan rings is 1. The van der Waals surface area contributed by atoms with Crippen LogP contribution in [0.1, 0.15) is 65.4 Å². The smallest absolute Gasteiger partial charge is 0.158 e. The minimum atomic E-state index is -0.439. The molecule has 0 radical (unpaired) electrons. The highest BCUT2D eigenvalue weighted by atomic mass is 16.3. The summed E-state index contributed by atoms with van der Waals surface area (Å²) < 4.78 is 6.00. The molecule has 3 N–H and O–H groups in total. The van der Waals surface area contributed by atoms with Crippen LogP contribution in [0.4, 0.5) is 0 Å². The maximum absolute atomic E-state index is 9.59. The van der Waals surface area contributed by atoms with Crippen LogP contribution in [0.2, 0.25) is 0 Å². The largest absolute Gasteiger partial charge is 0.455 e. The van der Waals surface area contributed by atoms with Gasteiger partial charge in [0.1, 0.15) is 12.3 Å². The summed E-state index contributed by atoms with van der Waals surface area (Å²) in [7, 11) is 0. The molecule has 0 aliphatic rings. The maximum Gasteiger partial charge on any atom is 0.158 e. The van der Waals surface area contributed by atoms with E-state index >= 15 is 0 Å². The van der Waals surface area contributed by atoms with Crippen LogP contribution in [-0.2, 0) is 6.54 Å². The Morgan fingerprint density at radius 3 is 2.17 bits per heavy atom. The Balaban J connectivity index is 2.00. The van der Waals surface area contributed by atoms with Gasteiger partial charge in [-0.25, -0.2) is 0 Å². The van der Waals surface area contributed by atoms with E-state index in [1.54, 1.807) is 6.92 Å². The summed E-state index contributed by atoms with van der Waals surface area (Å²) >= 11 is 0. The molecule has 0 saturated heterocycles. The number of hydrogen-bond donors (Lipinski definition) is 2. The Hall–Kier alpha value is -1.58. The zero-order valence-electron chi connectivity index (χ0n) is 15.9. The van der Waals surface area contributed by atoms with Gasteiger partial charge in [0.2, 0.25) is 0 Å². The maximum atomic E-state index is 9.59. The molecular weight excluding hydrogens is 298 g/mol. The molecule has 0 spiro atoms. The molecule has 0 aliphatic carbocycles. The van der Waals surface area contributed by atoms with Crippen molar-refractivity contribution in [1.29, 1.82) is 0 Å². The first-order valence-corrected chi connectivity index (χ1v) is 8.77. The highest BCUT2D eigenvalue weighted by molar-refractivity contribution is 5.58. The molecule has 1 atom stereocenters. The van der Waals surface area contributed by atoms with Gasteiger partial charge in [-0.05, 0) is 43.9 Å². The minimum Gasteiger partial charge on any atom is -0.455 e. The van der Waals surface area contributed by atoms with Gasteiger partial charge in [-0.15, -0.1) is 0 Å². The van der Waals surface area contributed by atoms with Crippen molar-refractivity contribution < 1.29 is 14.8 Å². The fraction of sp³-hybridized carbons (Fsp3) is 0.524. The molecule has 0 amide bonds. The van der Waals surface area contributed by atoms with Crippen molar-refractivity contribution in [2.75, 3.05) is 0 Å². The van der Waals surface area contributed by atoms with Gasteiger partial charge in [-0.2, -0.15) is 0 Å². The number of aliphatic hydroxyl groups is 1. The van der Waals surface area contributed by atoms with E-state index in [2.05, 4.69) is 46.0 Å². The lowest BCUT2D eigenvalue weighted by Crippen LogP contribution is -2.94. The fourth-order valence-electron chi connectivity index (χ4n) is 3.38. The zero-order chi connectivity index (χ0) is 18.0. The Bertz CT molecular complexity index is 645. The predicted molar refractivity (Wildman–Crippen MR) is 98.6 cm³/mol. The summed E-state index contributed by atoms with van der Waals surface area (Å²) in [6.45, 7) is 14.0. The number of benzene rings is 1. The van der Waals surface area contributed by atoms with Crippen molar-refractivity contribution in [3.05, 3.63) is 47.7 Å². The van der Waals surface area contributed by atoms with Gasteiger partial charge >= 0.3 is 0 Å². The number of nitrogens with two attached hydrogens (primary N) is 1. The zero-order valence-corrected chi connectivity index (χ0v) is 15.9. The fourth-order valence-corrected chi connectivity index (χ4v) is 3.38. The predicted octanol–water partition coefficient (Wildman–Crippen LogP) is 4.28. The van der Waals surface area contributed by atoms with Gasteiger partial charge < -0.3 is 14.8 Å². The average molecular weight is 330 g/mol. The Kier molecular flexibility index (Phi) is 5.56. The summed E-state index contributed by atoms with van der Waals surface area (Å²) in [5.41, 5.74) is 2.46. The topological polar surface area (TPSA) is 50.0 Å². The van der Waals surface area contributed by atoms with Crippen molar-refractivity contribution in [3.8, 4) is 11.3 Å². The lowest BCUT2D eigenvalue weighted by molar-refractivity contribution is -0.738. The third-order valence-corrected chi connectivity index (χ3v) is 4.18. The highest BCUT2D eigenvalue weighted by Crippen LogP contribution is 2.26. The molecule has 0 fully saturated rings. The second-order valence-corrected chi connectivity index (χ2v) is 8.70.